The summed E-state index contributed by atoms with van der Waals surface area (Å²) >= 11 is 1.79. The number of rotatable bonds is 4. The highest BCUT2D eigenvalue weighted by molar-refractivity contribution is 7.11. The second-order valence-corrected chi connectivity index (χ2v) is 6.13. The fourth-order valence-corrected chi connectivity index (χ4v) is 3.43. The van der Waals surface area contributed by atoms with Crippen molar-refractivity contribution < 1.29 is 5.11 Å². The fourth-order valence-electron chi connectivity index (χ4n) is 2.62. The molecular weight excluding hydrogens is 256 g/mol. The number of hydrogen-bond donors (Lipinski definition) is 2. The van der Waals surface area contributed by atoms with Crippen molar-refractivity contribution >= 4 is 11.3 Å². The Morgan fingerprint density at radius 2 is 2.37 bits per heavy atom. The van der Waals surface area contributed by atoms with Gasteiger partial charge < -0.3 is 10.4 Å². The van der Waals surface area contributed by atoms with Crippen molar-refractivity contribution in [3.8, 4) is 5.75 Å². The largest absolute Gasteiger partial charge is 0.508 e. The van der Waals surface area contributed by atoms with Crippen LogP contribution < -0.4 is 5.32 Å². The quantitative estimate of drug-likeness (QED) is 0.900. The molecular formula is C15H18N2OS. The van der Waals surface area contributed by atoms with Gasteiger partial charge in [-0.1, -0.05) is 13.0 Å². The van der Waals surface area contributed by atoms with Crippen molar-refractivity contribution in [3.05, 3.63) is 45.4 Å². The van der Waals surface area contributed by atoms with E-state index in [2.05, 4.69) is 17.2 Å². The van der Waals surface area contributed by atoms with Crippen LogP contribution in [0.2, 0.25) is 0 Å². The Bertz CT molecular complexity index is 579. The van der Waals surface area contributed by atoms with E-state index in [1.54, 1.807) is 17.4 Å². The Kier molecular flexibility index (Phi) is 3.53. The van der Waals surface area contributed by atoms with Crippen LogP contribution in [-0.4, -0.2) is 10.1 Å². The molecule has 0 amide bonds. The number of phenolic OH excluding ortho intramolecular Hbond substituents is 1. The first-order valence-corrected chi connectivity index (χ1v) is 7.56. The van der Waals surface area contributed by atoms with E-state index in [0.717, 1.165) is 30.8 Å². The maximum absolute atomic E-state index is 9.49. The molecule has 0 fully saturated rings. The van der Waals surface area contributed by atoms with Gasteiger partial charge >= 0.3 is 0 Å². The summed E-state index contributed by atoms with van der Waals surface area (Å²) in [7, 11) is 0. The third-order valence-electron chi connectivity index (χ3n) is 3.65. The van der Waals surface area contributed by atoms with Crippen molar-refractivity contribution in [2.45, 2.75) is 38.8 Å². The molecule has 0 radical (unpaired) electrons. The maximum atomic E-state index is 9.49. The van der Waals surface area contributed by atoms with Gasteiger partial charge in [0.05, 0.1) is 0 Å². The Hall–Kier alpha value is -1.39. The lowest BCUT2D eigenvalue weighted by atomic mass is 10.1. The normalized spacial score (nSPS) is 17.6. The molecule has 0 bridgehead atoms. The van der Waals surface area contributed by atoms with Crippen molar-refractivity contribution in [1.29, 1.82) is 0 Å². The number of hydrogen-bond acceptors (Lipinski definition) is 4. The van der Waals surface area contributed by atoms with Crippen LogP contribution in [0.5, 0.6) is 5.75 Å². The molecule has 1 aromatic carbocycles. The second kappa shape index (κ2) is 5.31. The SMILES string of the molecule is CCc1cnc(CNC2CCc3cc(O)ccc32)s1. The summed E-state index contributed by atoms with van der Waals surface area (Å²) in [5, 5.41) is 14.2. The zero-order valence-corrected chi connectivity index (χ0v) is 11.8. The molecule has 1 aromatic heterocycles. The van der Waals surface area contributed by atoms with Gasteiger partial charge in [-0.15, -0.1) is 11.3 Å². The Balaban J connectivity index is 1.66. The molecule has 1 unspecified atom stereocenters. The van der Waals surface area contributed by atoms with Gasteiger partial charge in [-0.25, -0.2) is 4.98 Å². The first-order valence-electron chi connectivity index (χ1n) is 6.75. The van der Waals surface area contributed by atoms with Crippen molar-refractivity contribution in [3.63, 3.8) is 0 Å². The van der Waals surface area contributed by atoms with Gasteiger partial charge in [-0.05, 0) is 42.5 Å². The Morgan fingerprint density at radius 1 is 1.47 bits per heavy atom. The number of aryl methyl sites for hydroxylation is 2. The Morgan fingerprint density at radius 3 is 3.16 bits per heavy atom. The number of fused-ring (bicyclic) bond motifs is 1. The van der Waals surface area contributed by atoms with E-state index in [0.29, 0.717) is 11.8 Å². The topological polar surface area (TPSA) is 45.2 Å². The van der Waals surface area contributed by atoms with Crippen LogP contribution in [-0.2, 0) is 19.4 Å². The van der Waals surface area contributed by atoms with Crippen LogP contribution in [0.15, 0.2) is 24.4 Å². The van der Waals surface area contributed by atoms with E-state index in [1.165, 1.54) is 16.0 Å². The molecule has 2 N–H and O–H groups in total. The van der Waals surface area contributed by atoms with Crippen molar-refractivity contribution in [1.82, 2.24) is 10.3 Å². The number of benzene rings is 1. The standard InChI is InChI=1S/C15H18N2OS/c1-2-12-8-17-15(19-12)9-16-14-6-3-10-7-11(18)4-5-13(10)14/h4-5,7-8,14,16,18H,2-3,6,9H2,1H3. The predicted molar refractivity (Wildman–Crippen MR) is 77.5 cm³/mol. The summed E-state index contributed by atoms with van der Waals surface area (Å²) in [5.74, 6) is 0.368. The molecule has 1 atom stereocenters. The highest BCUT2D eigenvalue weighted by atomic mass is 32.1. The van der Waals surface area contributed by atoms with E-state index < -0.39 is 0 Å². The predicted octanol–water partition coefficient (Wildman–Crippen LogP) is 3.19. The van der Waals surface area contributed by atoms with E-state index >= 15 is 0 Å². The van der Waals surface area contributed by atoms with Gasteiger partial charge in [0.2, 0.25) is 0 Å². The summed E-state index contributed by atoms with van der Waals surface area (Å²) in [5.41, 5.74) is 2.59. The van der Waals surface area contributed by atoms with Gasteiger partial charge in [0.15, 0.2) is 0 Å². The molecule has 0 aliphatic heterocycles. The van der Waals surface area contributed by atoms with Gasteiger partial charge in [-0.3, -0.25) is 0 Å². The van der Waals surface area contributed by atoms with E-state index in [1.807, 2.05) is 18.3 Å². The molecule has 0 spiro atoms. The first kappa shape index (κ1) is 12.6. The van der Waals surface area contributed by atoms with E-state index in [-0.39, 0.29) is 0 Å². The zero-order chi connectivity index (χ0) is 13.2. The van der Waals surface area contributed by atoms with Crippen molar-refractivity contribution in [2.75, 3.05) is 0 Å². The van der Waals surface area contributed by atoms with Gasteiger partial charge in [0.1, 0.15) is 10.8 Å². The van der Waals surface area contributed by atoms with Gasteiger partial charge in [0, 0.05) is 23.7 Å². The minimum Gasteiger partial charge on any atom is -0.508 e. The van der Waals surface area contributed by atoms with Crippen LogP contribution in [0, 0.1) is 0 Å². The minimum atomic E-state index is 0.368. The average Bonchev–Trinajstić information content (AvgIpc) is 3.02. The molecule has 2 aromatic rings. The number of phenols is 1. The molecule has 1 aliphatic rings. The molecule has 0 saturated heterocycles. The molecule has 0 saturated carbocycles. The number of aromatic nitrogens is 1. The number of aromatic hydroxyl groups is 1. The van der Waals surface area contributed by atoms with Crippen LogP contribution >= 0.6 is 11.3 Å². The van der Waals surface area contributed by atoms with E-state index in [9.17, 15) is 5.11 Å². The average molecular weight is 274 g/mol. The van der Waals surface area contributed by atoms with Crippen LogP contribution in [0.1, 0.15) is 40.4 Å². The van der Waals surface area contributed by atoms with Gasteiger partial charge in [0.25, 0.3) is 0 Å². The summed E-state index contributed by atoms with van der Waals surface area (Å²) in [6.07, 6.45) is 5.18. The fraction of sp³-hybridized carbons (Fsp3) is 0.400. The smallest absolute Gasteiger partial charge is 0.115 e. The Labute approximate surface area is 117 Å². The zero-order valence-electron chi connectivity index (χ0n) is 11.0. The summed E-state index contributed by atoms with van der Waals surface area (Å²) < 4.78 is 0. The molecule has 4 heteroatoms. The molecule has 3 nitrogen and oxygen atoms in total. The molecule has 1 aliphatic carbocycles. The lowest BCUT2D eigenvalue weighted by molar-refractivity contribution is 0.474. The van der Waals surface area contributed by atoms with Crippen LogP contribution in [0.4, 0.5) is 0 Å². The highest BCUT2D eigenvalue weighted by Crippen LogP contribution is 2.33. The number of thiazole rings is 1. The lowest BCUT2D eigenvalue weighted by Gasteiger charge is -2.12. The highest BCUT2D eigenvalue weighted by Gasteiger charge is 2.22. The first-order chi connectivity index (χ1) is 9.26. The molecule has 19 heavy (non-hydrogen) atoms. The third kappa shape index (κ3) is 2.65. The monoisotopic (exact) mass is 274 g/mol. The molecule has 1 heterocycles. The lowest BCUT2D eigenvalue weighted by Crippen LogP contribution is -2.18. The van der Waals surface area contributed by atoms with Crippen molar-refractivity contribution in [2.24, 2.45) is 0 Å². The number of nitrogens with zero attached hydrogens (tertiary/aromatic N) is 1. The summed E-state index contributed by atoms with van der Waals surface area (Å²) in [6, 6.07) is 6.09. The maximum Gasteiger partial charge on any atom is 0.115 e. The number of nitrogens with one attached hydrogen (secondary N) is 1. The summed E-state index contributed by atoms with van der Waals surface area (Å²) in [6.45, 7) is 2.99. The van der Waals surface area contributed by atoms with Gasteiger partial charge in [-0.2, -0.15) is 0 Å². The third-order valence-corrected chi connectivity index (χ3v) is 4.80. The molecule has 100 valence electrons. The summed E-state index contributed by atoms with van der Waals surface area (Å²) in [4.78, 5) is 5.78. The van der Waals surface area contributed by atoms with Crippen LogP contribution in [0.25, 0.3) is 0 Å². The minimum absolute atomic E-state index is 0.368. The second-order valence-electron chi connectivity index (χ2n) is 4.93. The molecule has 3 rings (SSSR count). The van der Waals surface area contributed by atoms with E-state index in [4.69, 9.17) is 0 Å². The van der Waals surface area contributed by atoms with Crippen LogP contribution in [0.3, 0.4) is 0 Å².